The number of nitrogens with one attached hydrogen (secondary N) is 2. The zero-order chi connectivity index (χ0) is 20.1. The third-order valence-electron chi connectivity index (χ3n) is 5.00. The number of urea groups is 1. The van der Waals surface area contributed by atoms with Crippen LogP contribution in [0.3, 0.4) is 0 Å². The number of fused-ring (bicyclic) bond motifs is 6. The van der Waals surface area contributed by atoms with Gasteiger partial charge < -0.3 is 19.9 Å². The maximum atomic E-state index is 13.1. The van der Waals surface area contributed by atoms with Gasteiger partial charge in [0.25, 0.3) is 0 Å². The van der Waals surface area contributed by atoms with Gasteiger partial charge in [-0.3, -0.25) is 9.69 Å². The van der Waals surface area contributed by atoms with Gasteiger partial charge in [0, 0.05) is 36.2 Å². The Kier molecular flexibility index (Phi) is 4.28. The predicted octanol–water partition coefficient (Wildman–Crippen LogP) is 2.55. The molecule has 4 rings (SSSR count). The Labute approximate surface area is 162 Å². The maximum absolute atomic E-state index is 13.1. The summed E-state index contributed by atoms with van der Waals surface area (Å²) in [4.78, 5) is 43.9. The molecule has 8 heteroatoms. The first-order chi connectivity index (χ1) is 13.2. The smallest absolute Gasteiger partial charge is 0.407 e. The van der Waals surface area contributed by atoms with Crippen LogP contribution in [0, 0.1) is 0 Å². The van der Waals surface area contributed by atoms with Crippen LogP contribution in [-0.2, 0) is 16.1 Å². The van der Waals surface area contributed by atoms with Gasteiger partial charge in [-0.1, -0.05) is 18.2 Å². The summed E-state index contributed by atoms with van der Waals surface area (Å²) in [6.45, 7) is 6.42. The summed E-state index contributed by atoms with van der Waals surface area (Å²) in [6, 6.07) is 7.54. The van der Waals surface area contributed by atoms with Crippen LogP contribution in [0.25, 0.3) is 10.9 Å². The second-order valence-electron chi connectivity index (χ2n) is 8.20. The Hall–Kier alpha value is -3.03. The molecule has 1 unspecified atom stereocenters. The van der Waals surface area contributed by atoms with E-state index < -0.39 is 11.7 Å². The van der Waals surface area contributed by atoms with Gasteiger partial charge in [-0.2, -0.15) is 0 Å². The van der Waals surface area contributed by atoms with E-state index in [2.05, 4.69) is 10.3 Å². The third-order valence-corrected chi connectivity index (χ3v) is 5.00. The van der Waals surface area contributed by atoms with Gasteiger partial charge in [0.15, 0.2) is 0 Å². The number of H-pyrrole nitrogens is 1. The average Bonchev–Trinajstić information content (AvgIpc) is 2.99. The molecule has 1 saturated heterocycles. The summed E-state index contributed by atoms with van der Waals surface area (Å²) in [5, 5.41) is 3.63. The summed E-state index contributed by atoms with van der Waals surface area (Å²) in [5.41, 5.74) is 2.27. The number of imide groups is 1. The molecule has 2 aliphatic rings. The van der Waals surface area contributed by atoms with Crippen LogP contribution in [0.2, 0.25) is 0 Å². The molecular formula is C20H24N4O4. The van der Waals surface area contributed by atoms with Gasteiger partial charge >= 0.3 is 12.1 Å². The van der Waals surface area contributed by atoms with Crippen molar-refractivity contribution in [3.8, 4) is 0 Å². The van der Waals surface area contributed by atoms with E-state index in [1.54, 1.807) is 25.7 Å². The fourth-order valence-electron chi connectivity index (χ4n) is 3.90. The van der Waals surface area contributed by atoms with E-state index >= 15 is 0 Å². The number of carbonyl (C=O) groups excluding carboxylic acids is 3. The number of hydrogen-bond donors (Lipinski definition) is 2. The monoisotopic (exact) mass is 384 g/mol. The van der Waals surface area contributed by atoms with Crippen molar-refractivity contribution >= 4 is 28.9 Å². The van der Waals surface area contributed by atoms with E-state index in [1.165, 1.54) is 4.90 Å². The summed E-state index contributed by atoms with van der Waals surface area (Å²) >= 11 is 0. The molecule has 148 valence electrons. The second-order valence-corrected chi connectivity index (χ2v) is 8.20. The van der Waals surface area contributed by atoms with Crippen molar-refractivity contribution in [3.05, 3.63) is 35.5 Å². The molecule has 28 heavy (non-hydrogen) atoms. The summed E-state index contributed by atoms with van der Waals surface area (Å²) in [6.07, 6.45) is -0.566. The lowest BCUT2D eigenvalue weighted by Gasteiger charge is -2.42. The van der Waals surface area contributed by atoms with Crippen molar-refractivity contribution in [1.82, 2.24) is 20.1 Å². The fraction of sp³-hybridized carbons (Fsp3) is 0.450. The van der Waals surface area contributed by atoms with Gasteiger partial charge in [0.1, 0.15) is 5.60 Å². The number of para-hydroxylation sites is 1. The number of benzene rings is 1. The van der Waals surface area contributed by atoms with E-state index in [1.807, 2.05) is 24.3 Å². The van der Waals surface area contributed by atoms with Crippen LogP contribution >= 0.6 is 0 Å². The Morgan fingerprint density at radius 2 is 2.04 bits per heavy atom. The van der Waals surface area contributed by atoms with Crippen LogP contribution in [0.4, 0.5) is 9.59 Å². The fourth-order valence-corrected chi connectivity index (χ4v) is 3.90. The molecule has 2 N–H and O–H groups in total. The summed E-state index contributed by atoms with van der Waals surface area (Å²) in [5.74, 6) is -0.614. The Morgan fingerprint density at radius 1 is 1.29 bits per heavy atom. The van der Waals surface area contributed by atoms with E-state index in [-0.39, 0.29) is 30.9 Å². The molecule has 4 amide bonds. The summed E-state index contributed by atoms with van der Waals surface area (Å²) in [7, 11) is 0. The average molecular weight is 384 g/mol. The van der Waals surface area contributed by atoms with Gasteiger partial charge in [-0.15, -0.1) is 0 Å². The molecule has 0 aliphatic carbocycles. The largest absolute Gasteiger partial charge is 0.444 e. The van der Waals surface area contributed by atoms with E-state index in [4.69, 9.17) is 4.74 Å². The SMILES string of the molecule is CC(C)(C)OC(=O)NCCN1C(=O)C2CN(Cc3[nH]c4ccccc4c32)C1=O. The molecule has 8 nitrogen and oxygen atoms in total. The lowest BCUT2D eigenvalue weighted by atomic mass is 9.89. The number of amides is 4. The highest BCUT2D eigenvalue weighted by molar-refractivity contribution is 6.04. The number of aromatic nitrogens is 1. The van der Waals surface area contributed by atoms with E-state index in [0.717, 1.165) is 22.2 Å². The number of nitrogens with zero attached hydrogens (tertiary/aromatic N) is 2. The van der Waals surface area contributed by atoms with Crippen LogP contribution in [0.1, 0.15) is 37.9 Å². The second kappa shape index (κ2) is 6.54. The highest BCUT2D eigenvalue weighted by Gasteiger charge is 2.45. The molecule has 3 heterocycles. The molecule has 0 saturated carbocycles. The van der Waals surface area contributed by atoms with Crippen LogP contribution in [-0.4, -0.2) is 58.1 Å². The van der Waals surface area contributed by atoms with Crippen LogP contribution in [0.15, 0.2) is 24.3 Å². The number of carbonyl (C=O) groups is 3. The number of alkyl carbamates (subject to hydrolysis) is 1. The van der Waals surface area contributed by atoms with Crippen LogP contribution in [0.5, 0.6) is 0 Å². The molecule has 0 radical (unpaired) electrons. The molecule has 2 aliphatic heterocycles. The summed E-state index contributed by atoms with van der Waals surface area (Å²) < 4.78 is 5.19. The standard InChI is InChI=1S/C20H24N4O4/c1-20(2,3)28-18(26)21-8-9-24-17(25)13-10-23(19(24)27)11-15-16(13)12-6-4-5-7-14(12)22-15/h4-7,13,22H,8-11H2,1-3H3,(H,21,26). The first-order valence-corrected chi connectivity index (χ1v) is 9.41. The van der Waals surface area contributed by atoms with Crippen molar-refractivity contribution in [2.45, 2.75) is 38.8 Å². The van der Waals surface area contributed by atoms with E-state index in [0.29, 0.717) is 13.1 Å². The lowest BCUT2D eigenvalue weighted by molar-refractivity contribution is -0.133. The molecular weight excluding hydrogens is 360 g/mol. The topological polar surface area (TPSA) is 94.7 Å². The number of rotatable bonds is 3. The number of hydrogen-bond acceptors (Lipinski definition) is 4. The highest BCUT2D eigenvalue weighted by Crippen LogP contribution is 2.38. The predicted molar refractivity (Wildman–Crippen MR) is 103 cm³/mol. The third kappa shape index (κ3) is 3.19. The van der Waals surface area contributed by atoms with Gasteiger partial charge in [0.2, 0.25) is 5.91 Å². The first-order valence-electron chi connectivity index (χ1n) is 9.41. The molecule has 2 aromatic rings. The molecule has 0 spiro atoms. The minimum Gasteiger partial charge on any atom is -0.444 e. The highest BCUT2D eigenvalue weighted by atomic mass is 16.6. The lowest BCUT2D eigenvalue weighted by Crippen LogP contribution is -2.58. The molecule has 1 aromatic heterocycles. The Bertz CT molecular complexity index is 959. The molecule has 1 fully saturated rings. The minimum atomic E-state index is -0.602. The number of ether oxygens (including phenoxy) is 1. The molecule has 2 bridgehead atoms. The zero-order valence-corrected chi connectivity index (χ0v) is 16.2. The van der Waals surface area contributed by atoms with Crippen molar-refractivity contribution in [3.63, 3.8) is 0 Å². The Morgan fingerprint density at radius 3 is 2.79 bits per heavy atom. The van der Waals surface area contributed by atoms with Crippen molar-refractivity contribution in [2.75, 3.05) is 19.6 Å². The van der Waals surface area contributed by atoms with Gasteiger partial charge in [-0.25, -0.2) is 9.59 Å². The molecule has 1 aromatic carbocycles. The number of aromatic amines is 1. The molecule has 1 atom stereocenters. The van der Waals surface area contributed by atoms with Crippen molar-refractivity contribution in [1.29, 1.82) is 0 Å². The van der Waals surface area contributed by atoms with Crippen molar-refractivity contribution < 1.29 is 19.1 Å². The van der Waals surface area contributed by atoms with Gasteiger partial charge in [0.05, 0.1) is 12.5 Å². The van der Waals surface area contributed by atoms with Gasteiger partial charge in [-0.05, 0) is 32.4 Å². The maximum Gasteiger partial charge on any atom is 0.407 e. The van der Waals surface area contributed by atoms with Crippen LogP contribution < -0.4 is 5.32 Å². The van der Waals surface area contributed by atoms with E-state index in [9.17, 15) is 14.4 Å². The zero-order valence-electron chi connectivity index (χ0n) is 16.2. The first kappa shape index (κ1) is 18.3. The normalized spacial score (nSPS) is 19.0. The Balaban J connectivity index is 1.51. The van der Waals surface area contributed by atoms with Crippen molar-refractivity contribution in [2.24, 2.45) is 0 Å². The quantitative estimate of drug-likeness (QED) is 0.850. The minimum absolute atomic E-state index is 0.113.